The Bertz CT molecular complexity index is 640. The molecule has 6 heteroatoms. The highest BCUT2D eigenvalue weighted by Gasteiger charge is 2.15. The first kappa shape index (κ1) is 14.6. The van der Waals surface area contributed by atoms with Crippen LogP contribution in [0.1, 0.15) is 18.2 Å². The molecule has 0 aliphatic carbocycles. The van der Waals surface area contributed by atoms with Crippen LogP contribution in [0.4, 0.5) is 4.39 Å². The first-order chi connectivity index (χ1) is 9.54. The molecule has 0 fully saturated rings. The number of thioether (sulfide) groups is 1. The van der Waals surface area contributed by atoms with Gasteiger partial charge in [-0.05, 0) is 25.5 Å². The molecule has 0 saturated heterocycles. The second-order valence-electron chi connectivity index (χ2n) is 4.29. The molecule has 2 aromatic rings. The Morgan fingerprint density at radius 3 is 2.90 bits per heavy atom. The van der Waals surface area contributed by atoms with Crippen molar-refractivity contribution in [2.75, 3.05) is 5.75 Å². The summed E-state index contributed by atoms with van der Waals surface area (Å²) >= 11 is 1.13. The van der Waals surface area contributed by atoms with E-state index in [1.54, 1.807) is 19.2 Å². The van der Waals surface area contributed by atoms with Crippen LogP contribution in [0.3, 0.4) is 0 Å². The second-order valence-corrected chi connectivity index (χ2v) is 5.23. The van der Waals surface area contributed by atoms with Crippen molar-refractivity contribution < 1.29 is 14.3 Å². The Morgan fingerprint density at radius 2 is 2.25 bits per heavy atom. The minimum Gasteiger partial charge on any atom is -0.481 e. The van der Waals surface area contributed by atoms with Crippen LogP contribution in [0.2, 0.25) is 0 Å². The fourth-order valence-corrected chi connectivity index (χ4v) is 2.67. The molecule has 2 rings (SSSR count). The van der Waals surface area contributed by atoms with Gasteiger partial charge in [0.1, 0.15) is 5.82 Å². The van der Waals surface area contributed by atoms with E-state index < -0.39 is 5.97 Å². The molecule has 0 radical (unpaired) electrons. The topological polar surface area (TPSA) is 55.1 Å². The van der Waals surface area contributed by atoms with Crippen molar-refractivity contribution in [3.8, 4) is 5.69 Å². The van der Waals surface area contributed by atoms with E-state index in [4.69, 9.17) is 5.11 Å². The van der Waals surface area contributed by atoms with Crippen molar-refractivity contribution in [2.45, 2.75) is 25.4 Å². The van der Waals surface area contributed by atoms with E-state index in [0.29, 0.717) is 16.4 Å². The predicted octanol–water partition coefficient (Wildman–Crippen LogP) is 3.06. The SMILES string of the molecule is CCc1cnc(SCC(=O)O)n1-c1cccc(F)c1C. The number of carboxylic acids is 1. The van der Waals surface area contributed by atoms with Crippen LogP contribution >= 0.6 is 11.8 Å². The van der Waals surface area contributed by atoms with Crippen molar-refractivity contribution in [2.24, 2.45) is 0 Å². The van der Waals surface area contributed by atoms with E-state index >= 15 is 0 Å². The summed E-state index contributed by atoms with van der Waals surface area (Å²) in [5.41, 5.74) is 2.15. The number of halogens is 1. The monoisotopic (exact) mass is 294 g/mol. The maximum atomic E-state index is 13.7. The Kier molecular flexibility index (Phi) is 4.44. The van der Waals surface area contributed by atoms with E-state index in [0.717, 1.165) is 23.9 Å². The fraction of sp³-hybridized carbons (Fsp3) is 0.286. The molecular formula is C14H15FN2O2S. The molecule has 0 aliphatic heterocycles. The molecule has 0 unspecified atom stereocenters. The molecule has 20 heavy (non-hydrogen) atoms. The number of aliphatic carboxylic acids is 1. The fourth-order valence-electron chi connectivity index (χ4n) is 1.94. The van der Waals surface area contributed by atoms with E-state index in [9.17, 15) is 9.18 Å². The van der Waals surface area contributed by atoms with Crippen molar-refractivity contribution in [1.82, 2.24) is 9.55 Å². The van der Waals surface area contributed by atoms with E-state index in [1.165, 1.54) is 6.07 Å². The van der Waals surface area contributed by atoms with E-state index in [2.05, 4.69) is 4.98 Å². The highest BCUT2D eigenvalue weighted by molar-refractivity contribution is 7.99. The number of aromatic nitrogens is 2. The Balaban J connectivity index is 2.50. The Labute approximate surface area is 120 Å². The first-order valence-corrected chi connectivity index (χ1v) is 7.19. The summed E-state index contributed by atoms with van der Waals surface area (Å²) in [5.74, 6) is -1.26. The summed E-state index contributed by atoms with van der Waals surface area (Å²) < 4.78 is 15.5. The zero-order valence-corrected chi connectivity index (χ0v) is 12.1. The molecule has 1 aromatic carbocycles. The molecule has 1 heterocycles. The summed E-state index contributed by atoms with van der Waals surface area (Å²) in [6.07, 6.45) is 2.44. The smallest absolute Gasteiger partial charge is 0.313 e. The minimum atomic E-state index is -0.904. The van der Waals surface area contributed by atoms with Gasteiger partial charge >= 0.3 is 5.97 Å². The van der Waals surface area contributed by atoms with E-state index in [-0.39, 0.29) is 11.6 Å². The highest BCUT2D eigenvalue weighted by atomic mass is 32.2. The lowest BCUT2D eigenvalue weighted by molar-refractivity contribution is -0.133. The van der Waals surface area contributed by atoms with Crippen molar-refractivity contribution >= 4 is 17.7 Å². The quantitative estimate of drug-likeness (QED) is 0.861. The highest BCUT2D eigenvalue weighted by Crippen LogP contribution is 2.26. The van der Waals surface area contributed by atoms with Crippen molar-refractivity contribution in [1.29, 1.82) is 0 Å². The predicted molar refractivity (Wildman–Crippen MR) is 76.0 cm³/mol. The number of imidazole rings is 1. The normalized spacial score (nSPS) is 10.8. The zero-order chi connectivity index (χ0) is 14.7. The van der Waals surface area contributed by atoms with Crippen LogP contribution in [-0.4, -0.2) is 26.4 Å². The first-order valence-electron chi connectivity index (χ1n) is 6.21. The lowest BCUT2D eigenvalue weighted by Crippen LogP contribution is -2.06. The van der Waals surface area contributed by atoms with Gasteiger partial charge in [0.05, 0.1) is 11.4 Å². The lowest BCUT2D eigenvalue weighted by Gasteiger charge is -2.13. The summed E-state index contributed by atoms with van der Waals surface area (Å²) in [7, 11) is 0. The van der Waals surface area contributed by atoms with Crippen molar-refractivity contribution in [3.63, 3.8) is 0 Å². The van der Waals surface area contributed by atoms with Gasteiger partial charge in [-0.15, -0.1) is 0 Å². The number of aryl methyl sites for hydroxylation is 1. The molecule has 1 N–H and O–H groups in total. The molecule has 4 nitrogen and oxygen atoms in total. The molecule has 0 spiro atoms. The van der Waals surface area contributed by atoms with Gasteiger partial charge in [0.15, 0.2) is 5.16 Å². The van der Waals surface area contributed by atoms with Gasteiger partial charge < -0.3 is 5.11 Å². The largest absolute Gasteiger partial charge is 0.481 e. The number of hydrogen-bond donors (Lipinski definition) is 1. The maximum Gasteiger partial charge on any atom is 0.313 e. The third kappa shape index (κ3) is 2.85. The maximum absolute atomic E-state index is 13.7. The van der Waals surface area contributed by atoms with Crippen LogP contribution in [0.5, 0.6) is 0 Å². The third-order valence-electron chi connectivity index (χ3n) is 2.97. The summed E-state index contributed by atoms with van der Waals surface area (Å²) in [6, 6.07) is 4.86. The van der Waals surface area contributed by atoms with Crippen LogP contribution in [-0.2, 0) is 11.2 Å². The Morgan fingerprint density at radius 1 is 1.50 bits per heavy atom. The van der Waals surface area contributed by atoms with Gasteiger partial charge in [-0.25, -0.2) is 9.37 Å². The number of rotatable bonds is 5. The summed E-state index contributed by atoms with van der Waals surface area (Å²) in [4.78, 5) is 14.9. The molecule has 0 saturated carbocycles. The third-order valence-corrected chi connectivity index (χ3v) is 3.91. The van der Waals surface area contributed by atoms with Gasteiger partial charge in [-0.3, -0.25) is 9.36 Å². The molecule has 0 bridgehead atoms. The minimum absolute atomic E-state index is 0.0749. The number of carboxylic acid groups (broad SMARTS) is 1. The van der Waals surface area contributed by atoms with Crippen LogP contribution in [0.15, 0.2) is 29.6 Å². The van der Waals surface area contributed by atoms with Crippen LogP contribution < -0.4 is 0 Å². The zero-order valence-electron chi connectivity index (χ0n) is 11.3. The summed E-state index contributed by atoms with van der Waals surface area (Å²) in [5, 5.41) is 9.35. The molecule has 0 amide bonds. The molecule has 0 aliphatic rings. The number of hydrogen-bond acceptors (Lipinski definition) is 3. The second kappa shape index (κ2) is 6.09. The van der Waals surface area contributed by atoms with Gasteiger partial charge in [0.25, 0.3) is 0 Å². The van der Waals surface area contributed by atoms with E-state index in [1.807, 2.05) is 17.6 Å². The van der Waals surface area contributed by atoms with Crippen LogP contribution in [0.25, 0.3) is 5.69 Å². The molecule has 1 aromatic heterocycles. The number of benzene rings is 1. The van der Waals surface area contributed by atoms with Gasteiger partial charge in [-0.1, -0.05) is 24.8 Å². The van der Waals surface area contributed by atoms with Gasteiger partial charge in [0, 0.05) is 17.5 Å². The van der Waals surface area contributed by atoms with Gasteiger partial charge in [-0.2, -0.15) is 0 Å². The summed E-state index contributed by atoms with van der Waals surface area (Å²) in [6.45, 7) is 3.68. The lowest BCUT2D eigenvalue weighted by atomic mass is 10.2. The molecular weight excluding hydrogens is 279 g/mol. The Hall–Kier alpha value is -1.82. The average molecular weight is 294 g/mol. The molecule has 0 atom stereocenters. The standard InChI is InChI=1S/C14H15FN2O2S/c1-3-10-7-16-14(20-8-13(18)19)17(10)12-6-4-5-11(15)9(12)2/h4-7H,3,8H2,1-2H3,(H,18,19). The van der Waals surface area contributed by atoms with Crippen LogP contribution in [0, 0.1) is 12.7 Å². The number of carbonyl (C=O) groups is 1. The number of nitrogens with zero attached hydrogens (tertiary/aromatic N) is 2. The average Bonchev–Trinajstić information content (AvgIpc) is 2.82. The molecule has 106 valence electrons. The van der Waals surface area contributed by atoms with Gasteiger partial charge in [0.2, 0.25) is 0 Å². The van der Waals surface area contributed by atoms with Crippen molar-refractivity contribution in [3.05, 3.63) is 41.5 Å².